The van der Waals surface area contributed by atoms with Crippen LogP contribution in [0.25, 0.3) is 17.4 Å². The molecule has 0 bridgehead atoms. The molecule has 0 saturated carbocycles. The number of hydrogen-bond donors (Lipinski definition) is 0. The highest BCUT2D eigenvalue weighted by atomic mass is 32.2. The predicted molar refractivity (Wildman–Crippen MR) is 114 cm³/mol. The van der Waals surface area contributed by atoms with Gasteiger partial charge in [0, 0.05) is 11.6 Å². The average Bonchev–Trinajstić information content (AvgIpc) is 3.32. The number of benzene rings is 1. The lowest BCUT2D eigenvalue weighted by Gasteiger charge is -2.19. The molecule has 0 N–H and O–H groups in total. The van der Waals surface area contributed by atoms with E-state index in [9.17, 15) is 19.2 Å². The summed E-state index contributed by atoms with van der Waals surface area (Å²) in [6.45, 7) is 5.29. The maximum atomic E-state index is 12.6. The van der Waals surface area contributed by atoms with E-state index in [2.05, 4.69) is 0 Å². The van der Waals surface area contributed by atoms with E-state index in [1.165, 1.54) is 13.0 Å². The van der Waals surface area contributed by atoms with Crippen molar-refractivity contribution in [3.8, 4) is 11.3 Å². The molecule has 1 atom stereocenters. The summed E-state index contributed by atoms with van der Waals surface area (Å²) in [5.41, 5.74) is 1.17. The van der Waals surface area contributed by atoms with Gasteiger partial charge in [0.25, 0.3) is 11.1 Å². The molecule has 2 heterocycles. The van der Waals surface area contributed by atoms with Crippen molar-refractivity contribution in [3.05, 3.63) is 52.6 Å². The van der Waals surface area contributed by atoms with Crippen molar-refractivity contribution in [1.82, 2.24) is 4.90 Å². The zero-order valence-corrected chi connectivity index (χ0v) is 18.1. The minimum absolute atomic E-state index is 0.153. The second kappa shape index (κ2) is 9.65. The second-order valence-corrected chi connectivity index (χ2v) is 7.47. The molecule has 1 aromatic carbocycles. The maximum absolute atomic E-state index is 12.6. The van der Waals surface area contributed by atoms with Crippen LogP contribution in [0.4, 0.5) is 4.79 Å². The molecule has 0 spiro atoms. The van der Waals surface area contributed by atoms with Crippen LogP contribution in [0.3, 0.4) is 0 Å². The summed E-state index contributed by atoms with van der Waals surface area (Å²) in [5, 5.41) is -0.543. The van der Waals surface area contributed by atoms with Gasteiger partial charge in [-0.3, -0.25) is 14.5 Å². The molecule has 9 heteroatoms. The predicted octanol–water partition coefficient (Wildman–Crippen LogP) is 4.11. The fraction of sp³-hybridized carbons (Fsp3) is 0.273. The van der Waals surface area contributed by atoms with E-state index < -0.39 is 29.1 Å². The topological polar surface area (TPSA) is 103 Å². The first-order valence-corrected chi connectivity index (χ1v) is 10.5. The number of hydrogen-bond acceptors (Lipinski definition) is 8. The van der Waals surface area contributed by atoms with Crippen LogP contribution in [0.5, 0.6) is 0 Å². The van der Waals surface area contributed by atoms with Crippen LogP contribution in [0.1, 0.15) is 36.9 Å². The molecule has 1 saturated heterocycles. The minimum atomic E-state index is -1.01. The first-order valence-electron chi connectivity index (χ1n) is 9.66. The van der Waals surface area contributed by atoms with Gasteiger partial charge in [0.05, 0.1) is 23.7 Å². The Labute approximate surface area is 183 Å². The van der Waals surface area contributed by atoms with Gasteiger partial charge in [-0.2, -0.15) is 0 Å². The molecule has 3 rings (SSSR count). The SMILES string of the molecule is CCOC(=O)c1ccc(-c2ccc(/C=C3\SC(=O)N(C(C)C(=O)OCC)C3=O)o2)cc1. The van der Waals surface area contributed by atoms with E-state index in [1.54, 1.807) is 50.2 Å². The van der Waals surface area contributed by atoms with Gasteiger partial charge in [-0.05, 0) is 56.8 Å². The van der Waals surface area contributed by atoms with Crippen LogP contribution in [0.15, 0.2) is 45.7 Å². The molecule has 1 aromatic heterocycles. The Hall–Kier alpha value is -3.33. The molecular weight excluding hydrogens is 422 g/mol. The third kappa shape index (κ3) is 4.88. The van der Waals surface area contributed by atoms with E-state index in [0.717, 1.165) is 22.2 Å². The number of carbonyl (C=O) groups is 4. The number of carbonyl (C=O) groups excluding carboxylic acids is 4. The van der Waals surface area contributed by atoms with Gasteiger partial charge in [0.1, 0.15) is 17.6 Å². The average molecular weight is 443 g/mol. The van der Waals surface area contributed by atoms with Crippen LogP contribution >= 0.6 is 11.8 Å². The summed E-state index contributed by atoms with van der Waals surface area (Å²) >= 11 is 0.735. The van der Waals surface area contributed by atoms with Crippen molar-refractivity contribution in [2.75, 3.05) is 13.2 Å². The Bertz CT molecular complexity index is 1040. The fourth-order valence-corrected chi connectivity index (χ4v) is 3.77. The highest BCUT2D eigenvalue weighted by Crippen LogP contribution is 2.34. The van der Waals surface area contributed by atoms with Crippen LogP contribution in [0.2, 0.25) is 0 Å². The molecule has 2 amide bonds. The monoisotopic (exact) mass is 443 g/mol. The summed E-state index contributed by atoms with van der Waals surface area (Å²) in [5.74, 6) is -0.716. The third-order valence-corrected chi connectivity index (χ3v) is 5.30. The molecule has 0 aliphatic carbocycles. The summed E-state index contributed by atoms with van der Waals surface area (Å²) in [6.07, 6.45) is 1.46. The molecule has 1 unspecified atom stereocenters. The van der Waals surface area contributed by atoms with Crippen molar-refractivity contribution in [3.63, 3.8) is 0 Å². The van der Waals surface area contributed by atoms with E-state index >= 15 is 0 Å². The number of rotatable bonds is 7. The van der Waals surface area contributed by atoms with Gasteiger partial charge >= 0.3 is 11.9 Å². The Kier molecular flexibility index (Phi) is 6.96. The zero-order valence-electron chi connectivity index (χ0n) is 17.2. The Morgan fingerprint density at radius 3 is 2.39 bits per heavy atom. The Morgan fingerprint density at radius 2 is 1.74 bits per heavy atom. The lowest BCUT2D eigenvalue weighted by molar-refractivity contribution is -0.150. The van der Waals surface area contributed by atoms with Crippen LogP contribution in [-0.4, -0.2) is 47.2 Å². The number of esters is 2. The largest absolute Gasteiger partial charge is 0.464 e. The van der Waals surface area contributed by atoms with Crippen LogP contribution < -0.4 is 0 Å². The molecule has 1 aliphatic heterocycles. The summed E-state index contributed by atoms with van der Waals surface area (Å²) in [6, 6.07) is 9.10. The molecule has 8 nitrogen and oxygen atoms in total. The van der Waals surface area contributed by atoms with Gasteiger partial charge in [0.15, 0.2) is 0 Å². The first-order chi connectivity index (χ1) is 14.8. The van der Waals surface area contributed by atoms with Crippen molar-refractivity contribution in [2.45, 2.75) is 26.8 Å². The van der Waals surface area contributed by atoms with Crippen molar-refractivity contribution < 1.29 is 33.1 Å². The van der Waals surface area contributed by atoms with Gasteiger partial charge in [-0.1, -0.05) is 12.1 Å². The lowest BCUT2D eigenvalue weighted by atomic mass is 10.1. The van der Waals surface area contributed by atoms with Crippen LogP contribution in [-0.2, 0) is 19.1 Å². The van der Waals surface area contributed by atoms with E-state index in [-0.39, 0.29) is 11.5 Å². The third-order valence-electron chi connectivity index (χ3n) is 4.42. The molecule has 162 valence electrons. The summed E-state index contributed by atoms with van der Waals surface area (Å²) in [7, 11) is 0. The highest BCUT2D eigenvalue weighted by molar-refractivity contribution is 8.18. The summed E-state index contributed by atoms with van der Waals surface area (Å²) in [4.78, 5) is 49.6. The normalized spacial score (nSPS) is 16.0. The van der Waals surface area contributed by atoms with Gasteiger partial charge in [-0.15, -0.1) is 0 Å². The summed E-state index contributed by atoms with van der Waals surface area (Å²) < 4.78 is 15.6. The quantitative estimate of drug-likeness (QED) is 0.465. The van der Waals surface area contributed by atoms with Crippen molar-refractivity contribution in [1.29, 1.82) is 0 Å². The Balaban J connectivity index is 1.76. The number of thioether (sulfide) groups is 1. The number of ether oxygens (including phenoxy) is 2. The molecule has 2 aromatic rings. The lowest BCUT2D eigenvalue weighted by Crippen LogP contribution is -2.42. The van der Waals surface area contributed by atoms with E-state index in [0.29, 0.717) is 23.7 Å². The smallest absolute Gasteiger partial charge is 0.338 e. The Morgan fingerprint density at radius 1 is 1.06 bits per heavy atom. The number of amides is 2. The molecule has 1 fully saturated rings. The zero-order chi connectivity index (χ0) is 22.5. The second-order valence-electron chi connectivity index (χ2n) is 6.48. The van der Waals surface area contributed by atoms with Gasteiger partial charge in [-0.25, -0.2) is 9.59 Å². The van der Waals surface area contributed by atoms with Crippen molar-refractivity contribution in [2.24, 2.45) is 0 Å². The minimum Gasteiger partial charge on any atom is -0.464 e. The highest BCUT2D eigenvalue weighted by Gasteiger charge is 2.41. The van der Waals surface area contributed by atoms with Gasteiger partial charge < -0.3 is 13.9 Å². The van der Waals surface area contributed by atoms with Gasteiger partial charge in [0.2, 0.25) is 0 Å². The van der Waals surface area contributed by atoms with E-state index in [1.807, 2.05) is 0 Å². The van der Waals surface area contributed by atoms with Crippen molar-refractivity contribution >= 4 is 40.9 Å². The number of furan rings is 1. The fourth-order valence-electron chi connectivity index (χ4n) is 2.88. The number of nitrogens with zero attached hydrogens (tertiary/aromatic N) is 1. The molecular formula is C22H21NO7S. The molecule has 1 aliphatic rings. The maximum Gasteiger partial charge on any atom is 0.338 e. The van der Waals surface area contributed by atoms with Crippen LogP contribution in [0, 0.1) is 0 Å². The number of imide groups is 1. The molecule has 0 radical (unpaired) electrons. The molecule has 31 heavy (non-hydrogen) atoms. The first kappa shape index (κ1) is 22.4. The van der Waals surface area contributed by atoms with E-state index in [4.69, 9.17) is 13.9 Å². The standard InChI is InChI=1S/C22H21NO7S/c1-4-28-20(25)13(3)23-19(24)18(31-22(23)27)12-16-10-11-17(30-16)14-6-8-15(9-7-14)21(26)29-5-2/h6-13H,4-5H2,1-3H3/b18-12-.